The zero-order chi connectivity index (χ0) is 8.75. The fourth-order valence-corrected chi connectivity index (χ4v) is 9.37. The Morgan fingerprint density at radius 3 is 2.77 bits per heavy atom. The molecule has 0 radical (unpaired) electrons. The van der Waals surface area contributed by atoms with Crippen LogP contribution in [-0.4, -0.2) is 14.4 Å². The van der Waals surface area contributed by atoms with E-state index in [2.05, 4.69) is 31.9 Å². The van der Waals surface area contributed by atoms with Gasteiger partial charge >= 0.3 is 0 Å². The number of alkyl halides is 2. The number of hydrogen-bond donors (Lipinski definition) is 0. The number of carbonyl (C=O) groups is 1. The maximum atomic E-state index is 12.1. The highest BCUT2D eigenvalue weighted by atomic mass is 79.9. The van der Waals surface area contributed by atoms with Gasteiger partial charge in [0.1, 0.15) is 0 Å². The molecule has 0 saturated heterocycles. The van der Waals surface area contributed by atoms with Gasteiger partial charge in [-0.3, -0.25) is 4.79 Å². The van der Waals surface area contributed by atoms with Gasteiger partial charge in [0.2, 0.25) is 0 Å². The van der Waals surface area contributed by atoms with Gasteiger partial charge in [0.25, 0.3) is 0 Å². The van der Waals surface area contributed by atoms with Crippen molar-refractivity contribution >= 4 is 37.6 Å². The van der Waals surface area contributed by atoms with Crippen LogP contribution >= 0.6 is 31.9 Å². The van der Waals surface area contributed by atoms with Crippen molar-refractivity contribution in [1.29, 1.82) is 0 Å². The summed E-state index contributed by atoms with van der Waals surface area (Å²) in [6.45, 7) is 0. The van der Waals surface area contributed by atoms with E-state index >= 15 is 0 Å². The molecule has 6 rings (SSSR count). The molecular formula is C10H8Br2O. The van der Waals surface area contributed by atoms with Gasteiger partial charge in [0, 0.05) is 16.2 Å². The van der Waals surface area contributed by atoms with Crippen LogP contribution in [0.15, 0.2) is 0 Å². The van der Waals surface area contributed by atoms with Gasteiger partial charge in [0.05, 0.1) is 4.32 Å². The summed E-state index contributed by atoms with van der Waals surface area (Å²) < 4.78 is 0.209. The molecule has 6 saturated carbocycles. The van der Waals surface area contributed by atoms with Gasteiger partial charge in [-0.2, -0.15) is 0 Å². The first kappa shape index (κ1) is 7.00. The molecule has 6 fully saturated rings. The summed E-state index contributed by atoms with van der Waals surface area (Å²) >= 11 is 7.66. The molecule has 8 atom stereocenters. The molecule has 68 valence electrons. The summed E-state index contributed by atoms with van der Waals surface area (Å²) in [5.41, 5.74) is 0. The van der Waals surface area contributed by atoms with Gasteiger partial charge in [0.15, 0.2) is 5.78 Å². The average molecular weight is 304 g/mol. The average Bonchev–Trinajstić information content (AvgIpc) is 2.51. The molecule has 0 aliphatic heterocycles. The summed E-state index contributed by atoms with van der Waals surface area (Å²) in [6, 6.07) is 0. The van der Waals surface area contributed by atoms with E-state index in [0.717, 1.165) is 23.7 Å². The smallest absolute Gasteiger partial charge is 0.154 e. The van der Waals surface area contributed by atoms with Crippen LogP contribution in [0.5, 0.6) is 0 Å². The van der Waals surface area contributed by atoms with Crippen LogP contribution in [0.4, 0.5) is 0 Å². The van der Waals surface area contributed by atoms with E-state index in [9.17, 15) is 4.79 Å². The summed E-state index contributed by atoms with van der Waals surface area (Å²) in [6.07, 6.45) is 1.33. The van der Waals surface area contributed by atoms with E-state index in [4.69, 9.17) is 0 Å². The SMILES string of the molecule is O=C1C2C3CC4C5C3C1(Br)C5C42Br. The van der Waals surface area contributed by atoms with Crippen LogP contribution in [-0.2, 0) is 4.79 Å². The first-order valence-electron chi connectivity index (χ1n) is 5.05. The van der Waals surface area contributed by atoms with E-state index in [1.807, 2.05) is 0 Å². The number of hydrogen-bond acceptors (Lipinski definition) is 1. The Balaban J connectivity index is 1.94. The van der Waals surface area contributed by atoms with Gasteiger partial charge in [-0.15, -0.1) is 0 Å². The minimum atomic E-state index is -0.0521. The van der Waals surface area contributed by atoms with Gasteiger partial charge in [-0.05, 0) is 30.1 Å². The molecule has 6 aliphatic rings. The Morgan fingerprint density at radius 1 is 1.38 bits per heavy atom. The van der Waals surface area contributed by atoms with Crippen molar-refractivity contribution in [3.8, 4) is 0 Å². The molecule has 0 spiro atoms. The van der Waals surface area contributed by atoms with Crippen molar-refractivity contribution in [2.24, 2.45) is 35.5 Å². The van der Waals surface area contributed by atoms with Crippen LogP contribution < -0.4 is 0 Å². The van der Waals surface area contributed by atoms with Crippen LogP contribution in [0.2, 0.25) is 0 Å². The number of rotatable bonds is 0. The standard InChI is InChI=1S/C10H8Br2O/c11-9-3-1-2-5-4(3)7(9)10(5,12)8(13)6(2)9/h2-7H,1H2. The molecule has 4 bridgehead atoms. The Hall–Kier alpha value is 0.630. The van der Waals surface area contributed by atoms with Gasteiger partial charge in [-0.25, -0.2) is 0 Å². The molecule has 0 aromatic carbocycles. The van der Waals surface area contributed by atoms with Crippen molar-refractivity contribution in [3.63, 3.8) is 0 Å². The van der Waals surface area contributed by atoms with Gasteiger partial charge < -0.3 is 0 Å². The van der Waals surface area contributed by atoms with Crippen molar-refractivity contribution in [2.45, 2.75) is 15.1 Å². The summed E-state index contributed by atoms with van der Waals surface area (Å²) in [4.78, 5) is 12.1. The maximum absolute atomic E-state index is 12.1. The molecule has 6 aliphatic carbocycles. The lowest BCUT2D eigenvalue weighted by molar-refractivity contribution is -0.132. The third-order valence-electron chi connectivity index (χ3n) is 5.80. The topological polar surface area (TPSA) is 17.1 Å². The van der Waals surface area contributed by atoms with E-state index in [1.54, 1.807) is 0 Å². The highest BCUT2D eigenvalue weighted by molar-refractivity contribution is 9.11. The molecule has 0 aromatic heterocycles. The second-order valence-electron chi connectivity index (χ2n) is 5.52. The molecule has 1 nitrogen and oxygen atoms in total. The first-order valence-corrected chi connectivity index (χ1v) is 6.63. The minimum absolute atomic E-state index is 0.0521. The highest BCUT2D eigenvalue weighted by Crippen LogP contribution is 2.93. The number of Topliss-reactive ketones (excluding diaryl/α,β-unsaturated/α-hetero) is 1. The molecule has 3 heteroatoms. The van der Waals surface area contributed by atoms with Crippen LogP contribution in [0.25, 0.3) is 0 Å². The predicted molar refractivity (Wildman–Crippen MR) is 53.9 cm³/mol. The molecule has 0 amide bonds. The Bertz CT molecular complexity index is 394. The number of carbonyl (C=O) groups excluding carboxylic acids is 1. The van der Waals surface area contributed by atoms with E-state index in [0.29, 0.717) is 17.6 Å². The quantitative estimate of drug-likeness (QED) is 0.626. The molecule has 8 unspecified atom stereocenters. The van der Waals surface area contributed by atoms with E-state index in [1.165, 1.54) is 6.42 Å². The second-order valence-corrected chi connectivity index (χ2v) is 8.21. The Kier molecular flexibility index (Phi) is 0.767. The largest absolute Gasteiger partial charge is 0.298 e. The number of ketones is 1. The fourth-order valence-electron chi connectivity index (χ4n) is 5.78. The van der Waals surface area contributed by atoms with Crippen LogP contribution in [0.1, 0.15) is 6.42 Å². The predicted octanol–water partition coefficient (Wildman–Crippen LogP) is 1.98. The molecular weight excluding hydrogens is 296 g/mol. The molecule has 0 heterocycles. The zero-order valence-electron chi connectivity index (χ0n) is 6.84. The van der Waals surface area contributed by atoms with Crippen molar-refractivity contribution in [1.82, 2.24) is 0 Å². The first-order chi connectivity index (χ1) is 6.13. The minimum Gasteiger partial charge on any atom is -0.298 e. The number of halogens is 2. The Labute approximate surface area is 92.9 Å². The maximum Gasteiger partial charge on any atom is 0.154 e. The van der Waals surface area contributed by atoms with Crippen LogP contribution in [0.3, 0.4) is 0 Å². The summed E-state index contributed by atoms with van der Waals surface area (Å²) in [5.74, 6) is 4.83. The zero-order valence-corrected chi connectivity index (χ0v) is 10.0. The normalized spacial score (nSPS) is 84.6. The Morgan fingerprint density at radius 2 is 2.15 bits per heavy atom. The third-order valence-corrected chi connectivity index (χ3v) is 8.79. The summed E-state index contributed by atoms with van der Waals surface area (Å²) in [7, 11) is 0. The fraction of sp³-hybridized carbons (Fsp3) is 0.900. The monoisotopic (exact) mass is 302 g/mol. The van der Waals surface area contributed by atoms with E-state index < -0.39 is 0 Å². The van der Waals surface area contributed by atoms with Gasteiger partial charge in [-0.1, -0.05) is 31.9 Å². The van der Waals surface area contributed by atoms with Crippen LogP contribution in [0, 0.1) is 35.5 Å². The lowest BCUT2D eigenvalue weighted by Gasteiger charge is -2.70. The second kappa shape index (κ2) is 1.42. The van der Waals surface area contributed by atoms with Crippen molar-refractivity contribution in [3.05, 3.63) is 0 Å². The third kappa shape index (κ3) is 0.342. The van der Waals surface area contributed by atoms with Crippen molar-refractivity contribution in [2.75, 3.05) is 0 Å². The van der Waals surface area contributed by atoms with Crippen molar-refractivity contribution < 1.29 is 4.79 Å². The molecule has 0 aromatic rings. The lowest BCUT2D eigenvalue weighted by atomic mass is 9.40. The summed E-state index contributed by atoms with van der Waals surface area (Å²) in [5, 5.41) is 0. The van der Waals surface area contributed by atoms with E-state index in [-0.39, 0.29) is 8.65 Å². The molecule has 13 heavy (non-hydrogen) atoms. The lowest BCUT2D eigenvalue weighted by Crippen LogP contribution is -2.75. The highest BCUT2D eigenvalue weighted by Gasteiger charge is 2.98. The molecule has 0 N–H and O–H groups in total.